The minimum absolute atomic E-state index is 0.0145. The smallest absolute Gasteiger partial charge is 0.272 e. The lowest BCUT2D eigenvalue weighted by atomic mass is 9.83. The zero-order valence-electron chi connectivity index (χ0n) is 18.4. The van der Waals surface area contributed by atoms with E-state index in [1.807, 2.05) is 41.8 Å². The number of aryl methyl sites for hydroxylation is 1. The van der Waals surface area contributed by atoms with Crippen LogP contribution in [-0.2, 0) is 24.8 Å². The van der Waals surface area contributed by atoms with E-state index in [0.29, 0.717) is 49.7 Å². The van der Waals surface area contributed by atoms with Crippen molar-refractivity contribution < 1.29 is 19.1 Å². The molecule has 0 unspecified atom stereocenters. The second-order valence-corrected chi connectivity index (χ2v) is 8.33. The molecule has 31 heavy (non-hydrogen) atoms. The number of benzene rings is 1. The number of rotatable bonds is 5. The second kappa shape index (κ2) is 8.70. The van der Waals surface area contributed by atoms with Crippen LogP contribution in [-0.4, -0.2) is 58.8 Å². The largest absolute Gasteiger partial charge is 0.497 e. The van der Waals surface area contributed by atoms with Gasteiger partial charge in [0.15, 0.2) is 5.69 Å². The Morgan fingerprint density at radius 1 is 1.29 bits per heavy atom. The van der Waals surface area contributed by atoms with E-state index in [9.17, 15) is 9.59 Å². The number of nitrogens with zero attached hydrogens (tertiary/aromatic N) is 3. The number of carbonyl (C=O) groups excluding carboxylic acids is 2. The molecular formula is C23H30N4O4. The topological polar surface area (TPSA) is 85.7 Å². The van der Waals surface area contributed by atoms with Gasteiger partial charge in [-0.15, -0.1) is 0 Å². The van der Waals surface area contributed by atoms with E-state index in [2.05, 4.69) is 10.4 Å². The lowest BCUT2D eigenvalue weighted by Gasteiger charge is -2.43. The molecular weight excluding hydrogens is 396 g/mol. The number of fused-ring (bicyclic) bond motifs is 1. The Kier molecular flexibility index (Phi) is 6.00. The molecule has 166 valence electrons. The third-order valence-electron chi connectivity index (χ3n) is 6.32. The van der Waals surface area contributed by atoms with Crippen LogP contribution in [0, 0.1) is 0 Å². The molecule has 8 heteroatoms. The number of piperidine rings is 1. The third kappa shape index (κ3) is 4.17. The zero-order valence-corrected chi connectivity index (χ0v) is 18.4. The Bertz CT molecular complexity index is 976. The van der Waals surface area contributed by atoms with E-state index < -0.39 is 0 Å². The van der Waals surface area contributed by atoms with Gasteiger partial charge in [0.1, 0.15) is 5.75 Å². The van der Waals surface area contributed by atoms with Crippen molar-refractivity contribution >= 4 is 11.8 Å². The fraction of sp³-hybridized carbons (Fsp3) is 0.522. The van der Waals surface area contributed by atoms with Gasteiger partial charge in [-0.05, 0) is 37.5 Å². The maximum atomic E-state index is 12.9. The SMILES string of the molecule is CCCNC(=O)c1nn(C)c2c1COC1(CCN(C(=O)c3cccc(OC)c3)CC1)C2. The summed E-state index contributed by atoms with van der Waals surface area (Å²) in [4.78, 5) is 27.3. The van der Waals surface area contributed by atoms with Gasteiger partial charge in [-0.25, -0.2) is 0 Å². The van der Waals surface area contributed by atoms with Crippen molar-refractivity contribution in [3.05, 3.63) is 46.8 Å². The van der Waals surface area contributed by atoms with E-state index in [4.69, 9.17) is 9.47 Å². The number of likely N-dealkylation sites (tertiary alicyclic amines) is 1. The van der Waals surface area contributed by atoms with Crippen molar-refractivity contribution in [2.75, 3.05) is 26.7 Å². The van der Waals surface area contributed by atoms with Gasteiger partial charge in [-0.3, -0.25) is 14.3 Å². The van der Waals surface area contributed by atoms with Gasteiger partial charge in [-0.2, -0.15) is 5.10 Å². The quantitative estimate of drug-likeness (QED) is 0.793. The van der Waals surface area contributed by atoms with Gasteiger partial charge < -0.3 is 19.7 Å². The molecule has 4 rings (SSSR count). The first kappa shape index (κ1) is 21.4. The number of amides is 2. The molecule has 2 aliphatic rings. The van der Waals surface area contributed by atoms with Crippen molar-refractivity contribution in [1.29, 1.82) is 0 Å². The van der Waals surface area contributed by atoms with Gasteiger partial charge in [0, 0.05) is 49.9 Å². The summed E-state index contributed by atoms with van der Waals surface area (Å²) in [6, 6.07) is 7.26. The predicted octanol–water partition coefficient (Wildman–Crippen LogP) is 2.32. The highest BCUT2D eigenvalue weighted by atomic mass is 16.5. The van der Waals surface area contributed by atoms with Gasteiger partial charge in [0.2, 0.25) is 0 Å². The van der Waals surface area contributed by atoms with Crippen LogP contribution in [0.3, 0.4) is 0 Å². The summed E-state index contributed by atoms with van der Waals surface area (Å²) in [6.45, 7) is 4.29. The number of methoxy groups -OCH3 is 1. The van der Waals surface area contributed by atoms with Crippen molar-refractivity contribution in [3.8, 4) is 5.75 Å². The van der Waals surface area contributed by atoms with Gasteiger partial charge in [0.05, 0.1) is 19.3 Å². The molecule has 0 bridgehead atoms. The molecule has 2 aromatic rings. The van der Waals surface area contributed by atoms with E-state index in [1.54, 1.807) is 13.2 Å². The Balaban J connectivity index is 1.44. The van der Waals surface area contributed by atoms with E-state index in [1.165, 1.54) is 0 Å². The predicted molar refractivity (Wildman–Crippen MR) is 115 cm³/mol. The molecule has 1 aromatic heterocycles. The number of carbonyl (C=O) groups is 2. The van der Waals surface area contributed by atoms with Crippen molar-refractivity contribution in [1.82, 2.24) is 20.0 Å². The molecule has 1 N–H and O–H groups in total. The molecule has 0 saturated carbocycles. The molecule has 0 aliphatic carbocycles. The summed E-state index contributed by atoms with van der Waals surface area (Å²) < 4.78 is 13.4. The molecule has 2 amide bonds. The van der Waals surface area contributed by atoms with Crippen LogP contribution in [0.2, 0.25) is 0 Å². The van der Waals surface area contributed by atoms with Crippen LogP contribution in [0.5, 0.6) is 5.75 Å². The fourth-order valence-electron chi connectivity index (χ4n) is 4.44. The molecule has 2 aliphatic heterocycles. The van der Waals surface area contributed by atoms with E-state index in [0.717, 1.165) is 30.5 Å². The Labute approximate surface area is 182 Å². The van der Waals surface area contributed by atoms with E-state index in [-0.39, 0.29) is 17.4 Å². The highest BCUT2D eigenvalue weighted by Gasteiger charge is 2.42. The molecule has 0 atom stereocenters. The number of ether oxygens (including phenoxy) is 2. The summed E-state index contributed by atoms with van der Waals surface area (Å²) in [5.74, 6) is 0.551. The molecule has 1 saturated heterocycles. The maximum absolute atomic E-state index is 12.9. The standard InChI is InChI=1S/C23H30N4O4/c1-4-10-24-21(28)20-18-15-31-23(14-19(18)26(2)25-20)8-11-27(12-9-23)22(29)16-6-5-7-17(13-16)30-3/h5-7,13H,4,8-12,14-15H2,1-3H3,(H,24,28). The molecule has 1 fully saturated rings. The summed E-state index contributed by atoms with van der Waals surface area (Å²) in [5, 5.41) is 7.37. The minimum Gasteiger partial charge on any atom is -0.497 e. The Morgan fingerprint density at radius 3 is 2.77 bits per heavy atom. The number of hydrogen-bond donors (Lipinski definition) is 1. The van der Waals surface area contributed by atoms with E-state index >= 15 is 0 Å². The first-order chi connectivity index (χ1) is 15.0. The van der Waals surface area contributed by atoms with Crippen molar-refractivity contribution in [2.45, 2.75) is 44.8 Å². The van der Waals surface area contributed by atoms with Gasteiger partial charge in [0.25, 0.3) is 11.8 Å². The Morgan fingerprint density at radius 2 is 2.06 bits per heavy atom. The van der Waals surface area contributed by atoms with Crippen LogP contribution in [0.25, 0.3) is 0 Å². The van der Waals surface area contributed by atoms with Gasteiger partial charge >= 0.3 is 0 Å². The van der Waals surface area contributed by atoms with Crippen LogP contribution in [0.1, 0.15) is 58.3 Å². The summed E-state index contributed by atoms with van der Waals surface area (Å²) in [5.41, 5.74) is 2.73. The molecule has 0 radical (unpaired) electrons. The minimum atomic E-state index is -0.316. The molecule has 1 spiro atoms. The Hall–Kier alpha value is -2.87. The monoisotopic (exact) mass is 426 g/mol. The highest BCUT2D eigenvalue weighted by molar-refractivity contribution is 5.95. The molecule has 3 heterocycles. The second-order valence-electron chi connectivity index (χ2n) is 8.33. The molecule has 8 nitrogen and oxygen atoms in total. The number of aromatic nitrogens is 2. The van der Waals surface area contributed by atoms with Crippen molar-refractivity contribution in [2.24, 2.45) is 7.05 Å². The first-order valence-corrected chi connectivity index (χ1v) is 10.9. The van der Waals surface area contributed by atoms with Crippen LogP contribution < -0.4 is 10.1 Å². The van der Waals surface area contributed by atoms with Gasteiger partial charge in [-0.1, -0.05) is 13.0 Å². The summed E-state index contributed by atoms with van der Waals surface area (Å²) in [6.07, 6.45) is 3.09. The fourth-order valence-corrected chi connectivity index (χ4v) is 4.44. The average Bonchev–Trinajstić information content (AvgIpc) is 3.13. The summed E-state index contributed by atoms with van der Waals surface area (Å²) in [7, 11) is 3.48. The summed E-state index contributed by atoms with van der Waals surface area (Å²) >= 11 is 0. The normalized spacial score (nSPS) is 17.3. The lowest BCUT2D eigenvalue weighted by molar-refractivity contribution is -0.0990. The van der Waals surface area contributed by atoms with Crippen molar-refractivity contribution in [3.63, 3.8) is 0 Å². The lowest BCUT2D eigenvalue weighted by Crippen LogP contribution is -2.50. The first-order valence-electron chi connectivity index (χ1n) is 10.9. The molecule has 1 aromatic carbocycles. The van der Waals surface area contributed by atoms with Crippen LogP contribution in [0.4, 0.5) is 0 Å². The zero-order chi connectivity index (χ0) is 22.0. The average molecular weight is 427 g/mol. The number of nitrogens with one attached hydrogen (secondary N) is 1. The van der Waals surface area contributed by atoms with Crippen LogP contribution >= 0.6 is 0 Å². The number of hydrogen-bond acceptors (Lipinski definition) is 5. The van der Waals surface area contributed by atoms with Crippen LogP contribution in [0.15, 0.2) is 24.3 Å². The highest BCUT2D eigenvalue weighted by Crippen LogP contribution is 2.37. The third-order valence-corrected chi connectivity index (χ3v) is 6.32. The maximum Gasteiger partial charge on any atom is 0.272 e.